The van der Waals surface area contributed by atoms with E-state index in [2.05, 4.69) is 26.0 Å². The van der Waals surface area contributed by atoms with E-state index in [1.54, 1.807) is 7.11 Å². The Bertz CT molecular complexity index is 558. The number of ether oxygens (including phenoxy) is 4. The molecule has 2 heterocycles. The van der Waals surface area contributed by atoms with Crippen molar-refractivity contribution in [3.05, 3.63) is 29.8 Å². The highest BCUT2D eigenvalue weighted by Crippen LogP contribution is 2.43. The van der Waals surface area contributed by atoms with Gasteiger partial charge in [-0.15, -0.1) is 0 Å². The van der Waals surface area contributed by atoms with Gasteiger partial charge in [0, 0.05) is 19.4 Å². The van der Waals surface area contributed by atoms with Crippen LogP contribution in [-0.2, 0) is 20.8 Å². The van der Waals surface area contributed by atoms with Gasteiger partial charge in [0.1, 0.15) is 5.75 Å². The molecule has 2 fully saturated rings. The van der Waals surface area contributed by atoms with Crippen LogP contribution in [0, 0.1) is 5.92 Å². The maximum Gasteiger partial charge on any atom is 0.169 e. The summed E-state index contributed by atoms with van der Waals surface area (Å²) in [6.07, 6.45) is 9.65. The predicted octanol–water partition coefficient (Wildman–Crippen LogP) is 5.48. The van der Waals surface area contributed by atoms with Crippen LogP contribution in [0.1, 0.15) is 70.8 Å². The molecule has 0 aromatic heterocycles. The van der Waals surface area contributed by atoms with Crippen molar-refractivity contribution in [3.63, 3.8) is 0 Å². The number of benzene rings is 1. The number of unbranched alkanes of at least 4 members (excludes halogenated alkanes) is 1. The van der Waals surface area contributed by atoms with Gasteiger partial charge >= 0.3 is 0 Å². The summed E-state index contributed by atoms with van der Waals surface area (Å²) in [4.78, 5) is 0. The summed E-state index contributed by atoms with van der Waals surface area (Å²) >= 11 is 0. The molecule has 4 nitrogen and oxygen atoms in total. The largest absolute Gasteiger partial charge is 0.497 e. The lowest BCUT2D eigenvalue weighted by Crippen LogP contribution is -2.44. The highest BCUT2D eigenvalue weighted by molar-refractivity contribution is 5.26. The van der Waals surface area contributed by atoms with E-state index in [1.807, 2.05) is 12.1 Å². The van der Waals surface area contributed by atoms with Gasteiger partial charge in [-0.2, -0.15) is 0 Å². The molecule has 1 aromatic rings. The molecular formula is C23H36O4. The first-order valence-corrected chi connectivity index (χ1v) is 10.7. The van der Waals surface area contributed by atoms with Crippen LogP contribution >= 0.6 is 0 Å². The van der Waals surface area contributed by atoms with Crippen molar-refractivity contribution >= 4 is 0 Å². The third kappa shape index (κ3) is 5.69. The first kappa shape index (κ1) is 20.6. The Morgan fingerprint density at radius 2 is 1.85 bits per heavy atom. The number of methoxy groups -OCH3 is 1. The van der Waals surface area contributed by atoms with E-state index in [1.165, 1.54) is 31.2 Å². The second-order valence-electron chi connectivity index (χ2n) is 8.19. The van der Waals surface area contributed by atoms with Gasteiger partial charge in [0.15, 0.2) is 5.79 Å². The van der Waals surface area contributed by atoms with E-state index in [9.17, 15) is 0 Å². The summed E-state index contributed by atoms with van der Waals surface area (Å²) in [7, 11) is 1.68. The van der Waals surface area contributed by atoms with Gasteiger partial charge in [-0.3, -0.25) is 0 Å². The van der Waals surface area contributed by atoms with Crippen LogP contribution in [-0.4, -0.2) is 31.7 Å². The van der Waals surface area contributed by atoms with Crippen molar-refractivity contribution < 1.29 is 18.9 Å². The summed E-state index contributed by atoms with van der Waals surface area (Å²) in [6, 6.07) is 8.05. The summed E-state index contributed by atoms with van der Waals surface area (Å²) in [5.41, 5.74) is 1.17. The average molecular weight is 377 g/mol. The fourth-order valence-corrected chi connectivity index (χ4v) is 4.25. The van der Waals surface area contributed by atoms with E-state index >= 15 is 0 Å². The van der Waals surface area contributed by atoms with Crippen LogP contribution in [0.25, 0.3) is 0 Å². The molecule has 2 aliphatic heterocycles. The molecule has 1 spiro atoms. The molecule has 0 amide bonds. The zero-order chi connectivity index (χ0) is 19.1. The molecule has 1 aromatic carbocycles. The van der Waals surface area contributed by atoms with Crippen molar-refractivity contribution in [1.82, 2.24) is 0 Å². The minimum Gasteiger partial charge on any atom is -0.497 e. The zero-order valence-corrected chi connectivity index (χ0v) is 17.2. The number of rotatable bonds is 9. The van der Waals surface area contributed by atoms with Gasteiger partial charge in [0.05, 0.1) is 25.9 Å². The lowest BCUT2D eigenvalue weighted by Gasteiger charge is -2.41. The van der Waals surface area contributed by atoms with Crippen molar-refractivity contribution in [2.45, 2.75) is 89.8 Å². The molecule has 4 atom stereocenters. The third-order valence-electron chi connectivity index (χ3n) is 6.06. The Morgan fingerprint density at radius 3 is 2.59 bits per heavy atom. The topological polar surface area (TPSA) is 36.9 Å². The fraction of sp³-hybridized carbons (Fsp3) is 0.739. The van der Waals surface area contributed by atoms with Gasteiger partial charge < -0.3 is 18.9 Å². The molecule has 0 N–H and O–H groups in total. The van der Waals surface area contributed by atoms with E-state index in [0.29, 0.717) is 18.6 Å². The van der Waals surface area contributed by atoms with Crippen molar-refractivity contribution in [3.8, 4) is 5.75 Å². The molecule has 4 heteroatoms. The predicted molar refractivity (Wildman–Crippen MR) is 107 cm³/mol. The highest BCUT2D eigenvalue weighted by atomic mass is 16.7. The molecule has 0 unspecified atom stereocenters. The van der Waals surface area contributed by atoms with E-state index < -0.39 is 0 Å². The summed E-state index contributed by atoms with van der Waals surface area (Å²) < 4.78 is 24.0. The van der Waals surface area contributed by atoms with Gasteiger partial charge in [0.25, 0.3) is 0 Å². The fourth-order valence-electron chi connectivity index (χ4n) is 4.25. The lowest BCUT2D eigenvalue weighted by atomic mass is 9.89. The Labute approximate surface area is 164 Å². The van der Waals surface area contributed by atoms with Gasteiger partial charge in [-0.25, -0.2) is 0 Å². The van der Waals surface area contributed by atoms with Crippen molar-refractivity contribution in [1.29, 1.82) is 0 Å². The Kier molecular flexibility index (Phi) is 7.57. The van der Waals surface area contributed by atoms with Crippen LogP contribution < -0.4 is 4.74 Å². The molecule has 2 saturated heterocycles. The molecule has 0 bridgehead atoms. The molecule has 0 saturated carbocycles. The quantitative estimate of drug-likeness (QED) is 0.535. The van der Waals surface area contributed by atoms with Crippen molar-refractivity contribution in [2.24, 2.45) is 5.92 Å². The maximum atomic E-state index is 6.52. The normalized spacial score (nSPS) is 30.7. The van der Waals surface area contributed by atoms with Gasteiger partial charge in [-0.1, -0.05) is 38.8 Å². The molecule has 3 rings (SSSR count). The number of hydrogen-bond acceptors (Lipinski definition) is 4. The molecule has 0 radical (unpaired) electrons. The zero-order valence-electron chi connectivity index (χ0n) is 17.2. The average Bonchev–Trinajstić information content (AvgIpc) is 3.09. The first-order valence-electron chi connectivity index (χ1n) is 10.7. The molecule has 152 valence electrons. The first-order chi connectivity index (χ1) is 13.1. The van der Waals surface area contributed by atoms with Crippen LogP contribution in [0.2, 0.25) is 0 Å². The minimum atomic E-state index is -0.314. The van der Waals surface area contributed by atoms with E-state index in [0.717, 1.165) is 38.0 Å². The third-order valence-corrected chi connectivity index (χ3v) is 6.06. The summed E-state index contributed by atoms with van der Waals surface area (Å²) in [6.45, 7) is 5.89. The Morgan fingerprint density at radius 1 is 1.07 bits per heavy atom. The minimum absolute atomic E-state index is 0.236. The van der Waals surface area contributed by atoms with E-state index in [4.69, 9.17) is 18.9 Å². The summed E-state index contributed by atoms with van der Waals surface area (Å²) in [5.74, 6) is 1.13. The van der Waals surface area contributed by atoms with E-state index in [-0.39, 0.29) is 11.9 Å². The van der Waals surface area contributed by atoms with Gasteiger partial charge in [0.2, 0.25) is 0 Å². The summed E-state index contributed by atoms with van der Waals surface area (Å²) in [5, 5.41) is 0. The lowest BCUT2D eigenvalue weighted by molar-refractivity contribution is -0.283. The highest BCUT2D eigenvalue weighted by Gasteiger charge is 2.46. The molecule has 27 heavy (non-hydrogen) atoms. The molecule has 0 aliphatic carbocycles. The Hall–Kier alpha value is -1.10. The molecular weight excluding hydrogens is 340 g/mol. The number of hydrogen-bond donors (Lipinski definition) is 0. The monoisotopic (exact) mass is 376 g/mol. The Balaban J connectivity index is 1.42. The van der Waals surface area contributed by atoms with Gasteiger partial charge in [-0.05, 0) is 49.3 Å². The maximum absolute atomic E-state index is 6.52. The van der Waals surface area contributed by atoms with Crippen molar-refractivity contribution in [2.75, 3.05) is 13.7 Å². The second-order valence-corrected chi connectivity index (χ2v) is 8.19. The van der Waals surface area contributed by atoms with Crippen LogP contribution in [0.15, 0.2) is 24.3 Å². The smallest absolute Gasteiger partial charge is 0.169 e. The van der Waals surface area contributed by atoms with Crippen LogP contribution in [0.4, 0.5) is 0 Å². The standard InChI is InChI=1S/C23H36O4/c1-4-5-6-21-12-15-23(26-21)14-11-18(2)22(27-23)13-16-25-17-19-7-9-20(24-3)10-8-19/h7-10,18,21-22H,4-6,11-17H2,1-3H3/t18-,21+,22+,23-/m0/s1. The second kappa shape index (κ2) is 9.90. The van der Waals surface area contributed by atoms with Crippen LogP contribution in [0.3, 0.4) is 0 Å². The van der Waals surface area contributed by atoms with Crippen LogP contribution in [0.5, 0.6) is 5.75 Å². The molecule has 2 aliphatic rings. The SMILES string of the molecule is CCCC[C@@H]1CC[C@@]2(CC[C@H](C)[C@@H](CCOCc3ccc(OC)cc3)O2)O1.